The molecule has 1 saturated heterocycles. The Kier molecular flexibility index (Phi) is 6.10. The van der Waals surface area contributed by atoms with Gasteiger partial charge < -0.3 is 9.64 Å². The number of anilines is 1. The molecule has 0 bridgehead atoms. The summed E-state index contributed by atoms with van der Waals surface area (Å²) in [7, 11) is 1.79. The van der Waals surface area contributed by atoms with E-state index in [0.29, 0.717) is 16.7 Å². The minimum Gasteiger partial charge on any atom is -0.497 e. The van der Waals surface area contributed by atoms with E-state index in [4.69, 9.17) is 4.74 Å². The van der Waals surface area contributed by atoms with Gasteiger partial charge in [-0.15, -0.1) is 0 Å². The molecule has 3 heteroatoms. The quantitative estimate of drug-likeness (QED) is 0.674. The van der Waals surface area contributed by atoms with Crippen molar-refractivity contribution >= 4 is 5.69 Å². The molecule has 2 fully saturated rings. The Morgan fingerprint density at radius 3 is 2.19 bits per heavy atom. The second-order valence-corrected chi connectivity index (χ2v) is 10.4. The largest absolute Gasteiger partial charge is 0.497 e. The van der Waals surface area contributed by atoms with Gasteiger partial charge in [0.2, 0.25) is 0 Å². The maximum Gasteiger partial charge on any atom is 0.119 e. The van der Waals surface area contributed by atoms with Crippen LogP contribution in [0.5, 0.6) is 5.75 Å². The third kappa shape index (κ3) is 4.99. The number of rotatable bonds is 5. The molecule has 1 saturated carbocycles. The van der Waals surface area contributed by atoms with Crippen LogP contribution in [0.25, 0.3) is 0 Å². The van der Waals surface area contributed by atoms with E-state index in [1.165, 1.54) is 56.6 Å². The Bertz CT molecular complexity index is 613. The molecule has 1 heterocycles. The van der Waals surface area contributed by atoms with Crippen LogP contribution in [0.3, 0.4) is 0 Å². The molecule has 0 aromatic heterocycles. The topological polar surface area (TPSA) is 15.7 Å². The fraction of sp³-hybridized carbons (Fsp3) is 0.750. The van der Waals surface area contributed by atoms with Crippen LogP contribution >= 0.6 is 0 Å². The molecule has 1 aliphatic carbocycles. The minimum atomic E-state index is 0.395. The van der Waals surface area contributed by atoms with Crippen molar-refractivity contribution in [2.45, 2.75) is 66.2 Å². The van der Waals surface area contributed by atoms with E-state index < -0.39 is 0 Å². The van der Waals surface area contributed by atoms with Crippen LogP contribution in [-0.4, -0.2) is 44.7 Å². The third-order valence-electron chi connectivity index (χ3n) is 6.48. The minimum absolute atomic E-state index is 0.395. The standard InChI is InChI=1S/C24H40N2O/c1-7-10-25-11-13-26(14-12-25)22-9-8-20(27-6)15-21(22)19-16-23(2,3)18-24(4,5)17-19/h8-9,15,19H,7,10-14,16-18H2,1-6H3. The molecule has 0 unspecified atom stereocenters. The van der Waals surface area contributed by atoms with Crippen molar-refractivity contribution in [3.05, 3.63) is 23.8 Å². The van der Waals surface area contributed by atoms with Crippen LogP contribution < -0.4 is 9.64 Å². The molecule has 0 atom stereocenters. The molecule has 0 amide bonds. The van der Waals surface area contributed by atoms with Crippen molar-refractivity contribution in [1.82, 2.24) is 4.90 Å². The number of methoxy groups -OCH3 is 1. The monoisotopic (exact) mass is 372 g/mol. The van der Waals surface area contributed by atoms with Crippen LogP contribution in [-0.2, 0) is 0 Å². The highest BCUT2D eigenvalue weighted by Crippen LogP contribution is 2.53. The molecule has 0 spiro atoms. The van der Waals surface area contributed by atoms with E-state index in [1.54, 1.807) is 7.11 Å². The first-order valence-electron chi connectivity index (χ1n) is 10.9. The van der Waals surface area contributed by atoms with E-state index in [2.05, 4.69) is 62.6 Å². The van der Waals surface area contributed by atoms with Gasteiger partial charge in [0.15, 0.2) is 0 Å². The van der Waals surface area contributed by atoms with Gasteiger partial charge in [-0.3, -0.25) is 4.90 Å². The second-order valence-electron chi connectivity index (χ2n) is 10.4. The molecular formula is C24H40N2O. The number of benzene rings is 1. The number of ether oxygens (including phenoxy) is 1. The average molecular weight is 373 g/mol. The lowest BCUT2D eigenvalue weighted by atomic mass is 9.60. The van der Waals surface area contributed by atoms with Crippen molar-refractivity contribution < 1.29 is 4.74 Å². The summed E-state index contributed by atoms with van der Waals surface area (Å²) in [5.74, 6) is 1.61. The van der Waals surface area contributed by atoms with Gasteiger partial charge in [-0.2, -0.15) is 0 Å². The van der Waals surface area contributed by atoms with Gasteiger partial charge in [0, 0.05) is 31.9 Å². The van der Waals surface area contributed by atoms with Gasteiger partial charge in [-0.05, 0) is 72.7 Å². The molecule has 3 rings (SSSR count). The predicted octanol–water partition coefficient (Wildman–Crippen LogP) is 5.55. The molecule has 27 heavy (non-hydrogen) atoms. The van der Waals surface area contributed by atoms with Crippen molar-refractivity contribution in [3.63, 3.8) is 0 Å². The van der Waals surface area contributed by atoms with Gasteiger partial charge in [-0.1, -0.05) is 34.6 Å². The first-order valence-corrected chi connectivity index (χ1v) is 10.9. The van der Waals surface area contributed by atoms with Gasteiger partial charge >= 0.3 is 0 Å². The summed E-state index contributed by atoms with van der Waals surface area (Å²) in [5.41, 5.74) is 3.75. The summed E-state index contributed by atoms with van der Waals surface area (Å²) in [5, 5.41) is 0. The fourth-order valence-electron chi connectivity index (χ4n) is 5.87. The summed E-state index contributed by atoms with van der Waals surface area (Å²) >= 11 is 0. The molecule has 2 aliphatic rings. The van der Waals surface area contributed by atoms with Crippen LogP contribution in [0.15, 0.2) is 18.2 Å². The first kappa shape index (κ1) is 20.5. The van der Waals surface area contributed by atoms with Gasteiger partial charge in [0.1, 0.15) is 5.75 Å². The van der Waals surface area contributed by atoms with Gasteiger partial charge in [0.05, 0.1) is 7.11 Å². The van der Waals surface area contributed by atoms with Gasteiger partial charge in [-0.25, -0.2) is 0 Å². The Morgan fingerprint density at radius 1 is 1.00 bits per heavy atom. The molecule has 0 N–H and O–H groups in total. The Balaban J connectivity index is 1.88. The van der Waals surface area contributed by atoms with Crippen LogP contribution in [0.4, 0.5) is 5.69 Å². The lowest BCUT2D eigenvalue weighted by Gasteiger charge is -2.46. The fourth-order valence-corrected chi connectivity index (χ4v) is 5.87. The molecule has 3 nitrogen and oxygen atoms in total. The lowest BCUT2D eigenvalue weighted by Crippen LogP contribution is -2.47. The van der Waals surface area contributed by atoms with E-state index in [9.17, 15) is 0 Å². The van der Waals surface area contributed by atoms with Crippen molar-refractivity contribution in [2.75, 3.05) is 44.7 Å². The number of piperazine rings is 1. The number of hydrogen-bond acceptors (Lipinski definition) is 3. The van der Waals surface area contributed by atoms with Crippen LogP contribution in [0.1, 0.15) is 71.8 Å². The Morgan fingerprint density at radius 2 is 1.63 bits per heavy atom. The summed E-state index contributed by atoms with van der Waals surface area (Å²) < 4.78 is 5.61. The third-order valence-corrected chi connectivity index (χ3v) is 6.48. The Labute approximate surface area is 167 Å². The summed E-state index contributed by atoms with van der Waals surface area (Å²) in [6.45, 7) is 17.9. The number of hydrogen-bond donors (Lipinski definition) is 0. The highest BCUT2D eigenvalue weighted by atomic mass is 16.5. The average Bonchev–Trinajstić information content (AvgIpc) is 2.59. The van der Waals surface area contributed by atoms with E-state index in [0.717, 1.165) is 18.8 Å². The molecule has 1 aromatic rings. The summed E-state index contributed by atoms with van der Waals surface area (Å²) in [4.78, 5) is 5.22. The maximum atomic E-state index is 5.61. The molecule has 0 radical (unpaired) electrons. The zero-order chi connectivity index (χ0) is 19.7. The van der Waals surface area contributed by atoms with E-state index in [-0.39, 0.29) is 0 Å². The molecule has 1 aromatic carbocycles. The highest BCUT2D eigenvalue weighted by Gasteiger charge is 2.40. The predicted molar refractivity (Wildman–Crippen MR) is 116 cm³/mol. The summed E-state index contributed by atoms with van der Waals surface area (Å²) in [6.07, 6.45) is 5.10. The lowest BCUT2D eigenvalue weighted by molar-refractivity contribution is 0.0969. The first-order chi connectivity index (χ1) is 12.7. The van der Waals surface area contributed by atoms with Crippen molar-refractivity contribution in [3.8, 4) is 5.75 Å². The Hall–Kier alpha value is -1.22. The van der Waals surface area contributed by atoms with E-state index in [1.807, 2.05) is 0 Å². The van der Waals surface area contributed by atoms with Gasteiger partial charge in [0.25, 0.3) is 0 Å². The molecule has 152 valence electrons. The molecular weight excluding hydrogens is 332 g/mol. The number of nitrogens with zero attached hydrogens (tertiary/aromatic N) is 2. The van der Waals surface area contributed by atoms with Crippen molar-refractivity contribution in [1.29, 1.82) is 0 Å². The smallest absolute Gasteiger partial charge is 0.119 e. The zero-order valence-electron chi connectivity index (χ0n) is 18.5. The zero-order valence-corrected chi connectivity index (χ0v) is 18.5. The maximum absolute atomic E-state index is 5.61. The summed E-state index contributed by atoms with van der Waals surface area (Å²) in [6, 6.07) is 6.80. The molecule has 1 aliphatic heterocycles. The van der Waals surface area contributed by atoms with Crippen molar-refractivity contribution in [2.24, 2.45) is 10.8 Å². The van der Waals surface area contributed by atoms with E-state index >= 15 is 0 Å². The normalized spacial score (nSPS) is 23.4. The van der Waals surface area contributed by atoms with Crippen LogP contribution in [0, 0.1) is 10.8 Å². The SMILES string of the molecule is CCCN1CCN(c2ccc(OC)cc2C2CC(C)(C)CC(C)(C)C2)CC1. The second kappa shape index (κ2) is 8.03. The highest BCUT2D eigenvalue weighted by molar-refractivity contribution is 5.58. The van der Waals surface area contributed by atoms with Crippen LogP contribution in [0.2, 0.25) is 0 Å².